The van der Waals surface area contributed by atoms with E-state index in [9.17, 15) is 8.78 Å². The average Bonchev–Trinajstić information content (AvgIpc) is 2.76. The first-order chi connectivity index (χ1) is 8.61. The first-order valence-corrected chi connectivity index (χ1v) is 6.73. The molecule has 1 unspecified atom stereocenters. The Morgan fingerprint density at radius 3 is 2.67 bits per heavy atom. The van der Waals surface area contributed by atoms with Crippen LogP contribution in [0.2, 0.25) is 0 Å². The second-order valence-corrected chi connectivity index (χ2v) is 5.26. The molecule has 96 valence electrons. The Balaban J connectivity index is 2.44. The standard InChI is InChI=1S/C14H15F2NS/c1-3-17-14(10-6-9(2)18-8-10)12-7-11(15)4-5-13(12)16/h4-8,14,17H,3H2,1-2H3. The highest BCUT2D eigenvalue weighted by atomic mass is 32.1. The smallest absolute Gasteiger partial charge is 0.128 e. The van der Waals surface area contributed by atoms with Gasteiger partial charge in [-0.05, 0) is 48.7 Å². The first-order valence-electron chi connectivity index (χ1n) is 5.85. The molecule has 1 atom stereocenters. The Hall–Kier alpha value is -1.26. The van der Waals surface area contributed by atoms with Crippen LogP contribution in [0, 0.1) is 18.6 Å². The maximum absolute atomic E-state index is 13.8. The van der Waals surface area contributed by atoms with Gasteiger partial charge in [0.1, 0.15) is 11.6 Å². The van der Waals surface area contributed by atoms with E-state index in [0.717, 1.165) is 16.5 Å². The molecule has 0 fully saturated rings. The molecule has 4 heteroatoms. The zero-order valence-corrected chi connectivity index (χ0v) is 11.2. The molecule has 1 N–H and O–H groups in total. The number of hydrogen-bond acceptors (Lipinski definition) is 2. The van der Waals surface area contributed by atoms with Crippen molar-refractivity contribution in [1.29, 1.82) is 0 Å². The van der Waals surface area contributed by atoms with E-state index in [1.807, 2.05) is 25.3 Å². The molecule has 0 radical (unpaired) electrons. The van der Waals surface area contributed by atoms with Crippen LogP contribution in [0.1, 0.15) is 29.0 Å². The minimum Gasteiger partial charge on any atom is -0.306 e. The summed E-state index contributed by atoms with van der Waals surface area (Å²) in [5.74, 6) is -0.799. The van der Waals surface area contributed by atoms with Gasteiger partial charge in [0.25, 0.3) is 0 Å². The van der Waals surface area contributed by atoms with Crippen molar-refractivity contribution in [3.05, 3.63) is 57.3 Å². The van der Waals surface area contributed by atoms with E-state index in [1.54, 1.807) is 11.3 Å². The summed E-state index contributed by atoms with van der Waals surface area (Å²) in [5.41, 5.74) is 1.33. The Morgan fingerprint density at radius 1 is 1.28 bits per heavy atom. The van der Waals surface area contributed by atoms with Crippen molar-refractivity contribution in [3.8, 4) is 0 Å². The maximum Gasteiger partial charge on any atom is 0.128 e. The summed E-state index contributed by atoms with van der Waals surface area (Å²) in [7, 11) is 0. The Labute approximate surface area is 109 Å². The number of benzene rings is 1. The second kappa shape index (κ2) is 5.59. The molecule has 0 amide bonds. The molecule has 1 nitrogen and oxygen atoms in total. The molecule has 1 heterocycles. The molecule has 0 saturated heterocycles. The lowest BCUT2D eigenvalue weighted by Gasteiger charge is -2.18. The molecule has 0 aliphatic carbocycles. The predicted octanol–water partition coefficient (Wildman–Crippen LogP) is 4.03. The number of rotatable bonds is 4. The molecule has 1 aromatic carbocycles. The summed E-state index contributed by atoms with van der Waals surface area (Å²) in [4.78, 5) is 1.16. The fraction of sp³-hybridized carbons (Fsp3) is 0.286. The zero-order chi connectivity index (χ0) is 13.1. The summed E-state index contributed by atoms with van der Waals surface area (Å²) < 4.78 is 27.1. The lowest BCUT2D eigenvalue weighted by molar-refractivity contribution is 0.545. The van der Waals surface area contributed by atoms with Gasteiger partial charge in [-0.3, -0.25) is 0 Å². The van der Waals surface area contributed by atoms with Gasteiger partial charge >= 0.3 is 0 Å². The van der Waals surface area contributed by atoms with Crippen molar-refractivity contribution in [1.82, 2.24) is 5.32 Å². The molecular formula is C14H15F2NS. The highest BCUT2D eigenvalue weighted by Crippen LogP contribution is 2.28. The van der Waals surface area contributed by atoms with Crippen molar-refractivity contribution < 1.29 is 8.78 Å². The number of thiophene rings is 1. The van der Waals surface area contributed by atoms with Gasteiger partial charge in [-0.2, -0.15) is 0 Å². The van der Waals surface area contributed by atoms with Crippen LogP contribution in [-0.4, -0.2) is 6.54 Å². The molecule has 0 aliphatic heterocycles. The van der Waals surface area contributed by atoms with E-state index in [2.05, 4.69) is 5.32 Å². The van der Waals surface area contributed by atoms with Gasteiger partial charge in [0.15, 0.2) is 0 Å². The minimum absolute atomic E-state index is 0.296. The molecule has 0 saturated carbocycles. The lowest BCUT2D eigenvalue weighted by atomic mass is 10.00. The van der Waals surface area contributed by atoms with Gasteiger partial charge in [-0.1, -0.05) is 6.92 Å². The van der Waals surface area contributed by atoms with Gasteiger partial charge in [-0.15, -0.1) is 11.3 Å². The molecule has 18 heavy (non-hydrogen) atoms. The van der Waals surface area contributed by atoms with Crippen LogP contribution >= 0.6 is 11.3 Å². The topological polar surface area (TPSA) is 12.0 Å². The largest absolute Gasteiger partial charge is 0.306 e. The number of nitrogens with one attached hydrogen (secondary N) is 1. The summed E-state index contributed by atoms with van der Waals surface area (Å²) in [6.07, 6.45) is 0. The van der Waals surface area contributed by atoms with E-state index in [4.69, 9.17) is 0 Å². The molecule has 0 bridgehead atoms. The monoisotopic (exact) mass is 267 g/mol. The Kier molecular flexibility index (Phi) is 4.09. The summed E-state index contributed by atoms with van der Waals surface area (Å²) in [5, 5.41) is 5.18. The molecular weight excluding hydrogens is 252 g/mol. The molecule has 2 rings (SSSR count). The van der Waals surface area contributed by atoms with Gasteiger partial charge in [-0.25, -0.2) is 8.78 Å². The van der Waals surface area contributed by atoms with E-state index in [-0.39, 0.29) is 11.9 Å². The highest BCUT2D eigenvalue weighted by Gasteiger charge is 2.18. The van der Waals surface area contributed by atoms with Crippen molar-refractivity contribution in [2.24, 2.45) is 0 Å². The molecule has 1 aromatic heterocycles. The first kappa shape index (κ1) is 13.2. The van der Waals surface area contributed by atoms with E-state index in [1.165, 1.54) is 12.1 Å². The predicted molar refractivity (Wildman–Crippen MR) is 70.9 cm³/mol. The van der Waals surface area contributed by atoms with Crippen molar-refractivity contribution in [2.45, 2.75) is 19.9 Å². The lowest BCUT2D eigenvalue weighted by Crippen LogP contribution is -2.22. The highest BCUT2D eigenvalue weighted by molar-refractivity contribution is 7.10. The number of hydrogen-bond donors (Lipinski definition) is 1. The van der Waals surface area contributed by atoms with E-state index < -0.39 is 5.82 Å². The van der Waals surface area contributed by atoms with Gasteiger partial charge in [0.2, 0.25) is 0 Å². The molecule has 2 aromatic rings. The third kappa shape index (κ3) is 2.76. The third-order valence-electron chi connectivity index (χ3n) is 2.76. The van der Waals surface area contributed by atoms with Crippen LogP contribution in [0.4, 0.5) is 8.78 Å². The molecule has 0 aliphatic rings. The third-order valence-corrected chi connectivity index (χ3v) is 3.64. The van der Waals surface area contributed by atoms with Crippen LogP contribution < -0.4 is 5.32 Å². The normalized spacial score (nSPS) is 12.7. The Bertz CT molecular complexity index is 536. The Morgan fingerprint density at radius 2 is 2.06 bits per heavy atom. The van der Waals surface area contributed by atoms with Crippen molar-refractivity contribution >= 4 is 11.3 Å². The fourth-order valence-corrected chi connectivity index (χ4v) is 2.69. The van der Waals surface area contributed by atoms with Crippen LogP contribution in [0.15, 0.2) is 29.6 Å². The van der Waals surface area contributed by atoms with Crippen LogP contribution in [0.5, 0.6) is 0 Å². The van der Waals surface area contributed by atoms with Gasteiger partial charge in [0.05, 0.1) is 6.04 Å². The average molecular weight is 267 g/mol. The summed E-state index contributed by atoms with van der Waals surface area (Å²) >= 11 is 1.61. The number of aryl methyl sites for hydroxylation is 1. The van der Waals surface area contributed by atoms with Gasteiger partial charge < -0.3 is 5.32 Å². The van der Waals surface area contributed by atoms with Crippen molar-refractivity contribution in [2.75, 3.05) is 6.54 Å². The summed E-state index contributed by atoms with van der Waals surface area (Å²) in [6.45, 7) is 4.64. The van der Waals surface area contributed by atoms with E-state index >= 15 is 0 Å². The second-order valence-electron chi connectivity index (χ2n) is 4.15. The van der Waals surface area contributed by atoms with Gasteiger partial charge in [0, 0.05) is 10.4 Å². The quantitative estimate of drug-likeness (QED) is 0.881. The van der Waals surface area contributed by atoms with Crippen molar-refractivity contribution in [3.63, 3.8) is 0 Å². The van der Waals surface area contributed by atoms with E-state index in [0.29, 0.717) is 12.1 Å². The van der Waals surface area contributed by atoms with Crippen LogP contribution in [0.25, 0.3) is 0 Å². The number of halogens is 2. The van der Waals surface area contributed by atoms with Crippen LogP contribution in [-0.2, 0) is 0 Å². The maximum atomic E-state index is 13.8. The minimum atomic E-state index is -0.416. The molecule has 0 spiro atoms. The van der Waals surface area contributed by atoms with Crippen LogP contribution in [0.3, 0.4) is 0 Å². The SMILES string of the molecule is CCNC(c1csc(C)c1)c1cc(F)ccc1F. The fourth-order valence-electron chi connectivity index (χ4n) is 1.96. The summed E-state index contributed by atoms with van der Waals surface area (Å²) in [6, 6.07) is 5.28. The zero-order valence-electron chi connectivity index (χ0n) is 10.3.